The van der Waals surface area contributed by atoms with Crippen LogP contribution in [-0.2, 0) is 14.8 Å². The Balaban J connectivity index is 1.80. The molecule has 5 nitrogen and oxygen atoms in total. The number of benzene rings is 2. The summed E-state index contributed by atoms with van der Waals surface area (Å²) < 4.78 is 59.4. The zero-order valence-corrected chi connectivity index (χ0v) is 14.9. The van der Waals surface area contributed by atoms with E-state index >= 15 is 0 Å². The second-order valence-corrected chi connectivity index (χ2v) is 7.79. The van der Waals surface area contributed by atoms with Crippen molar-refractivity contribution in [3.63, 3.8) is 0 Å². The second kappa shape index (κ2) is 8.22. The topological polar surface area (TPSA) is 58.6 Å². The van der Waals surface area contributed by atoms with E-state index in [9.17, 15) is 17.2 Å². The zero-order valence-electron chi connectivity index (χ0n) is 14.1. The lowest BCUT2D eigenvalue weighted by Gasteiger charge is -2.34. The molecule has 0 aromatic heterocycles. The van der Waals surface area contributed by atoms with Crippen LogP contribution in [0.25, 0.3) is 0 Å². The van der Waals surface area contributed by atoms with Gasteiger partial charge in [-0.15, -0.1) is 0 Å². The summed E-state index contributed by atoms with van der Waals surface area (Å²) in [5, 5.41) is 0. The van der Waals surface area contributed by atoms with Crippen molar-refractivity contribution >= 4 is 10.0 Å². The molecule has 1 fully saturated rings. The molecule has 0 spiro atoms. The summed E-state index contributed by atoms with van der Waals surface area (Å²) in [6.07, 6.45) is 0. The summed E-state index contributed by atoms with van der Waals surface area (Å²) in [5.74, 6) is -0.967. The summed E-state index contributed by atoms with van der Waals surface area (Å²) in [6, 6.07) is 10.6. The van der Waals surface area contributed by atoms with Crippen molar-refractivity contribution in [2.24, 2.45) is 0 Å². The maximum absolute atomic E-state index is 13.3. The Morgan fingerprint density at radius 3 is 2.38 bits per heavy atom. The summed E-state index contributed by atoms with van der Waals surface area (Å²) in [4.78, 5) is 1.96. The van der Waals surface area contributed by atoms with Crippen LogP contribution in [0.2, 0.25) is 0 Å². The SMILES string of the molecule is O=S(=O)(NC[C@H](c1ccc(F)cc1)N1CCOCC1)c1cccc(F)c1. The van der Waals surface area contributed by atoms with Crippen molar-refractivity contribution in [2.45, 2.75) is 10.9 Å². The van der Waals surface area contributed by atoms with Crippen molar-refractivity contribution in [2.75, 3.05) is 32.8 Å². The summed E-state index contributed by atoms with van der Waals surface area (Å²) in [5.41, 5.74) is 0.801. The lowest BCUT2D eigenvalue weighted by Crippen LogP contribution is -2.43. The van der Waals surface area contributed by atoms with Gasteiger partial charge >= 0.3 is 0 Å². The van der Waals surface area contributed by atoms with E-state index in [1.54, 1.807) is 12.1 Å². The van der Waals surface area contributed by atoms with Gasteiger partial charge in [-0.3, -0.25) is 4.90 Å². The normalized spacial score (nSPS) is 17.2. The summed E-state index contributed by atoms with van der Waals surface area (Å²) in [6.45, 7) is 2.47. The molecule has 1 aliphatic heterocycles. The smallest absolute Gasteiger partial charge is 0.240 e. The number of hydrogen-bond donors (Lipinski definition) is 1. The Morgan fingerprint density at radius 2 is 1.73 bits per heavy atom. The van der Waals surface area contributed by atoms with Gasteiger partial charge in [0.1, 0.15) is 11.6 Å². The molecule has 3 rings (SSSR count). The van der Waals surface area contributed by atoms with Crippen LogP contribution < -0.4 is 4.72 Å². The lowest BCUT2D eigenvalue weighted by atomic mass is 10.0. The van der Waals surface area contributed by atoms with Gasteiger partial charge in [-0.2, -0.15) is 0 Å². The number of nitrogens with one attached hydrogen (secondary N) is 1. The number of sulfonamides is 1. The first-order valence-electron chi connectivity index (χ1n) is 8.28. The van der Waals surface area contributed by atoms with Crippen LogP contribution in [0, 0.1) is 11.6 Å². The van der Waals surface area contributed by atoms with Gasteiger partial charge in [-0.25, -0.2) is 21.9 Å². The van der Waals surface area contributed by atoms with Gasteiger partial charge in [-0.05, 0) is 35.9 Å². The van der Waals surface area contributed by atoms with E-state index in [-0.39, 0.29) is 23.3 Å². The van der Waals surface area contributed by atoms with Gasteiger partial charge in [0.25, 0.3) is 0 Å². The molecule has 2 aromatic carbocycles. The highest BCUT2D eigenvalue weighted by molar-refractivity contribution is 7.89. The zero-order chi connectivity index (χ0) is 18.6. The maximum Gasteiger partial charge on any atom is 0.240 e. The molecule has 0 unspecified atom stereocenters. The third-order valence-electron chi connectivity index (χ3n) is 4.31. The number of hydrogen-bond acceptors (Lipinski definition) is 4. The third kappa shape index (κ3) is 4.64. The van der Waals surface area contributed by atoms with Crippen molar-refractivity contribution in [3.05, 3.63) is 65.7 Å². The minimum Gasteiger partial charge on any atom is -0.379 e. The van der Waals surface area contributed by atoms with Gasteiger partial charge in [0, 0.05) is 25.7 Å². The quantitative estimate of drug-likeness (QED) is 0.833. The van der Waals surface area contributed by atoms with Gasteiger partial charge < -0.3 is 4.74 Å². The lowest BCUT2D eigenvalue weighted by molar-refractivity contribution is 0.0172. The molecule has 26 heavy (non-hydrogen) atoms. The number of rotatable bonds is 6. The minimum atomic E-state index is -3.85. The average Bonchev–Trinajstić information content (AvgIpc) is 2.64. The fourth-order valence-corrected chi connectivity index (χ4v) is 4.01. The fourth-order valence-electron chi connectivity index (χ4n) is 2.94. The molecule has 0 amide bonds. The third-order valence-corrected chi connectivity index (χ3v) is 5.74. The predicted octanol–water partition coefficient (Wildman–Crippen LogP) is 2.32. The molecule has 2 aromatic rings. The van der Waals surface area contributed by atoms with Crippen molar-refractivity contribution in [3.8, 4) is 0 Å². The van der Waals surface area contributed by atoms with E-state index in [0.29, 0.717) is 26.3 Å². The van der Waals surface area contributed by atoms with Crippen LogP contribution in [0.3, 0.4) is 0 Å². The highest BCUT2D eigenvalue weighted by Gasteiger charge is 2.25. The van der Waals surface area contributed by atoms with Crippen LogP contribution >= 0.6 is 0 Å². The minimum absolute atomic E-state index is 0.0878. The second-order valence-electron chi connectivity index (χ2n) is 6.02. The highest BCUT2D eigenvalue weighted by atomic mass is 32.2. The van der Waals surface area contributed by atoms with Gasteiger partial charge in [0.15, 0.2) is 0 Å². The van der Waals surface area contributed by atoms with E-state index in [1.165, 1.54) is 30.3 Å². The fraction of sp³-hybridized carbons (Fsp3) is 0.333. The first-order chi connectivity index (χ1) is 12.5. The van der Waals surface area contributed by atoms with Crippen molar-refractivity contribution in [1.29, 1.82) is 0 Å². The number of halogens is 2. The average molecular weight is 382 g/mol. The Labute approximate surface area is 151 Å². The molecule has 1 heterocycles. The monoisotopic (exact) mass is 382 g/mol. The van der Waals surface area contributed by atoms with Crippen LogP contribution in [-0.4, -0.2) is 46.2 Å². The van der Waals surface area contributed by atoms with Crippen LogP contribution in [0.1, 0.15) is 11.6 Å². The molecule has 0 bridgehead atoms. The molecule has 1 saturated heterocycles. The van der Waals surface area contributed by atoms with Crippen molar-refractivity contribution in [1.82, 2.24) is 9.62 Å². The van der Waals surface area contributed by atoms with E-state index in [0.717, 1.165) is 11.6 Å². The van der Waals surface area contributed by atoms with Gasteiger partial charge in [-0.1, -0.05) is 18.2 Å². The Bertz CT molecular complexity index is 838. The van der Waals surface area contributed by atoms with E-state index in [2.05, 4.69) is 9.62 Å². The largest absolute Gasteiger partial charge is 0.379 e. The Morgan fingerprint density at radius 1 is 1.04 bits per heavy atom. The van der Waals surface area contributed by atoms with E-state index < -0.39 is 15.8 Å². The predicted molar refractivity (Wildman–Crippen MR) is 93.1 cm³/mol. The van der Waals surface area contributed by atoms with Crippen LogP contribution in [0.4, 0.5) is 8.78 Å². The van der Waals surface area contributed by atoms with E-state index in [4.69, 9.17) is 4.74 Å². The van der Waals surface area contributed by atoms with Crippen LogP contribution in [0.15, 0.2) is 53.4 Å². The summed E-state index contributed by atoms with van der Waals surface area (Å²) >= 11 is 0. The number of ether oxygens (including phenoxy) is 1. The maximum atomic E-state index is 13.3. The van der Waals surface area contributed by atoms with Gasteiger partial charge in [0.05, 0.1) is 18.1 Å². The number of morpholine rings is 1. The molecule has 1 N–H and O–H groups in total. The van der Waals surface area contributed by atoms with E-state index in [1.807, 2.05) is 0 Å². The van der Waals surface area contributed by atoms with Crippen molar-refractivity contribution < 1.29 is 21.9 Å². The Kier molecular flexibility index (Phi) is 5.98. The first kappa shape index (κ1) is 18.9. The molecule has 140 valence electrons. The molecule has 1 atom stereocenters. The Hall–Kier alpha value is -1.87. The molecule has 0 radical (unpaired) electrons. The van der Waals surface area contributed by atoms with Gasteiger partial charge in [0.2, 0.25) is 10.0 Å². The first-order valence-corrected chi connectivity index (χ1v) is 9.76. The number of nitrogens with zero attached hydrogens (tertiary/aromatic N) is 1. The highest BCUT2D eigenvalue weighted by Crippen LogP contribution is 2.22. The molecule has 0 saturated carbocycles. The molecular formula is C18H20F2N2O3S. The standard InChI is InChI=1S/C18H20F2N2O3S/c19-15-6-4-14(5-7-15)18(22-8-10-25-11-9-22)13-21-26(23,24)17-3-1-2-16(20)12-17/h1-7,12,18,21H,8-11,13H2/t18-/m1/s1. The molecular weight excluding hydrogens is 362 g/mol. The summed E-state index contributed by atoms with van der Waals surface area (Å²) in [7, 11) is -3.85. The molecule has 1 aliphatic rings. The molecule has 8 heteroatoms. The van der Waals surface area contributed by atoms with Crippen LogP contribution in [0.5, 0.6) is 0 Å². The molecule has 0 aliphatic carbocycles.